The fourth-order valence-electron chi connectivity index (χ4n) is 2.11. The summed E-state index contributed by atoms with van der Waals surface area (Å²) < 4.78 is 0.888. The van der Waals surface area contributed by atoms with Gasteiger partial charge in [0, 0.05) is 17.0 Å². The van der Waals surface area contributed by atoms with Crippen LogP contribution in [0, 0.1) is 5.92 Å². The summed E-state index contributed by atoms with van der Waals surface area (Å²) in [6.07, 6.45) is 4.04. The van der Waals surface area contributed by atoms with Crippen LogP contribution in [0.15, 0.2) is 12.1 Å². The lowest BCUT2D eigenvalue weighted by Gasteiger charge is -2.11. The lowest BCUT2D eigenvalue weighted by Crippen LogP contribution is -2.21. The molecule has 84 valence electrons. The Kier molecular flexibility index (Phi) is 3.70. The maximum absolute atomic E-state index is 5.93. The Labute approximate surface area is 101 Å². The van der Waals surface area contributed by atoms with Crippen LogP contribution in [0.5, 0.6) is 0 Å². The summed E-state index contributed by atoms with van der Waals surface area (Å²) in [6.45, 7) is 4.49. The second-order valence-corrected chi connectivity index (χ2v) is 6.17. The highest BCUT2D eigenvalue weighted by molar-refractivity contribution is 7.16. The Morgan fingerprint density at radius 3 is 3.00 bits per heavy atom. The van der Waals surface area contributed by atoms with Crippen LogP contribution in [0.1, 0.15) is 44.0 Å². The minimum atomic E-state index is 0.453. The average Bonchev–Trinajstić information content (AvgIpc) is 2.76. The minimum absolute atomic E-state index is 0.453. The highest BCUT2D eigenvalue weighted by atomic mass is 35.5. The van der Waals surface area contributed by atoms with Crippen molar-refractivity contribution in [3.05, 3.63) is 21.3 Å². The molecule has 0 saturated heterocycles. The van der Waals surface area contributed by atoms with Crippen molar-refractivity contribution in [3.8, 4) is 0 Å². The zero-order valence-corrected chi connectivity index (χ0v) is 10.9. The van der Waals surface area contributed by atoms with Gasteiger partial charge in [-0.05, 0) is 37.8 Å². The van der Waals surface area contributed by atoms with Crippen LogP contribution in [0.25, 0.3) is 0 Å². The predicted octanol–water partition coefficient (Wildman–Crippen LogP) is 4.24. The molecule has 3 atom stereocenters. The molecular formula is C12H18ClNS. The van der Waals surface area contributed by atoms with E-state index in [1.165, 1.54) is 24.1 Å². The van der Waals surface area contributed by atoms with Crippen molar-refractivity contribution in [1.82, 2.24) is 5.32 Å². The lowest BCUT2D eigenvalue weighted by molar-refractivity contribution is 0.535. The smallest absolute Gasteiger partial charge is 0.0931 e. The first-order valence-electron chi connectivity index (χ1n) is 5.72. The van der Waals surface area contributed by atoms with Crippen LogP contribution in [-0.2, 0) is 0 Å². The van der Waals surface area contributed by atoms with Gasteiger partial charge >= 0.3 is 0 Å². The summed E-state index contributed by atoms with van der Waals surface area (Å²) in [6, 6.07) is 5.31. The number of nitrogens with one attached hydrogen (secondary N) is 1. The molecule has 3 heteroatoms. The Bertz CT molecular complexity index is 323. The Morgan fingerprint density at radius 2 is 2.40 bits per heavy atom. The molecule has 0 aromatic carbocycles. The SMILES string of the molecule is CCCC1CC1NC(C)c1ccc(Cl)s1. The third-order valence-corrected chi connectivity index (χ3v) is 4.48. The first-order valence-corrected chi connectivity index (χ1v) is 6.91. The van der Waals surface area contributed by atoms with E-state index >= 15 is 0 Å². The Morgan fingerprint density at radius 1 is 1.60 bits per heavy atom. The highest BCUT2D eigenvalue weighted by Gasteiger charge is 2.36. The average molecular weight is 244 g/mol. The maximum atomic E-state index is 5.93. The molecule has 0 aliphatic heterocycles. The second-order valence-electron chi connectivity index (χ2n) is 4.42. The molecule has 1 saturated carbocycles. The molecule has 2 rings (SSSR count). The van der Waals surface area contributed by atoms with Gasteiger partial charge in [0.05, 0.1) is 4.34 Å². The van der Waals surface area contributed by atoms with Crippen molar-refractivity contribution in [2.75, 3.05) is 0 Å². The standard InChI is InChI=1S/C12H18ClNS/c1-3-4-9-7-10(9)14-8(2)11-5-6-12(13)15-11/h5-6,8-10,14H,3-4,7H2,1-2H3. The van der Waals surface area contributed by atoms with Gasteiger partial charge in [0.15, 0.2) is 0 Å². The van der Waals surface area contributed by atoms with E-state index in [0.29, 0.717) is 6.04 Å². The van der Waals surface area contributed by atoms with Crippen LogP contribution in [0.4, 0.5) is 0 Å². The van der Waals surface area contributed by atoms with E-state index in [9.17, 15) is 0 Å². The number of halogens is 1. The summed E-state index contributed by atoms with van der Waals surface area (Å²) in [5.41, 5.74) is 0. The second kappa shape index (κ2) is 4.86. The highest BCUT2D eigenvalue weighted by Crippen LogP contribution is 2.37. The van der Waals surface area contributed by atoms with Gasteiger partial charge in [-0.2, -0.15) is 0 Å². The van der Waals surface area contributed by atoms with Crippen molar-refractivity contribution < 1.29 is 0 Å². The molecule has 0 bridgehead atoms. The third-order valence-electron chi connectivity index (χ3n) is 3.07. The molecule has 1 nitrogen and oxygen atoms in total. The fraction of sp³-hybridized carbons (Fsp3) is 0.667. The lowest BCUT2D eigenvalue weighted by atomic mass is 10.2. The van der Waals surface area contributed by atoms with E-state index in [2.05, 4.69) is 25.2 Å². The van der Waals surface area contributed by atoms with Crippen LogP contribution in [0.2, 0.25) is 4.34 Å². The molecule has 1 aromatic rings. The minimum Gasteiger partial charge on any atom is -0.306 e. The summed E-state index contributed by atoms with van der Waals surface area (Å²) >= 11 is 7.61. The van der Waals surface area contributed by atoms with Crippen LogP contribution < -0.4 is 5.32 Å². The van der Waals surface area contributed by atoms with Crippen molar-refractivity contribution in [1.29, 1.82) is 0 Å². The Hall–Kier alpha value is -0.0500. The zero-order valence-electron chi connectivity index (χ0n) is 9.29. The molecule has 3 unspecified atom stereocenters. The molecule has 1 aliphatic carbocycles. The third kappa shape index (κ3) is 2.96. The van der Waals surface area contributed by atoms with E-state index in [1.54, 1.807) is 11.3 Å². The first kappa shape index (κ1) is 11.4. The monoisotopic (exact) mass is 243 g/mol. The number of hydrogen-bond acceptors (Lipinski definition) is 2. The number of hydrogen-bond donors (Lipinski definition) is 1. The number of thiophene rings is 1. The van der Waals surface area contributed by atoms with Gasteiger partial charge in [-0.25, -0.2) is 0 Å². The van der Waals surface area contributed by atoms with E-state index < -0.39 is 0 Å². The van der Waals surface area contributed by atoms with E-state index in [1.807, 2.05) is 6.07 Å². The van der Waals surface area contributed by atoms with Gasteiger partial charge in [-0.1, -0.05) is 24.9 Å². The molecular weight excluding hydrogens is 226 g/mol. The van der Waals surface area contributed by atoms with Crippen molar-refractivity contribution in [2.24, 2.45) is 5.92 Å². The van der Waals surface area contributed by atoms with Gasteiger partial charge in [0.1, 0.15) is 0 Å². The largest absolute Gasteiger partial charge is 0.306 e. The van der Waals surface area contributed by atoms with Gasteiger partial charge in [0.25, 0.3) is 0 Å². The molecule has 0 spiro atoms. The summed E-state index contributed by atoms with van der Waals surface area (Å²) in [5, 5.41) is 3.67. The van der Waals surface area contributed by atoms with Gasteiger partial charge in [0.2, 0.25) is 0 Å². The van der Waals surface area contributed by atoms with Crippen molar-refractivity contribution in [2.45, 2.75) is 45.2 Å². The predicted molar refractivity (Wildman–Crippen MR) is 67.7 cm³/mol. The molecule has 0 amide bonds. The molecule has 1 heterocycles. The number of rotatable bonds is 5. The zero-order chi connectivity index (χ0) is 10.8. The molecule has 1 aliphatic rings. The molecule has 15 heavy (non-hydrogen) atoms. The summed E-state index contributed by atoms with van der Waals surface area (Å²) in [4.78, 5) is 1.35. The summed E-state index contributed by atoms with van der Waals surface area (Å²) in [7, 11) is 0. The van der Waals surface area contributed by atoms with Crippen molar-refractivity contribution >= 4 is 22.9 Å². The molecule has 1 aromatic heterocycles. The van der Waals surface area contributed by atoms with Crippen LogP contribution in [0.3, 0.4) is 0 Å². The van der Waals surface area contributed by atoms with Crippen molar-refractivity contribution in [3.63, 3.8) is 0 Å². The van der Waals surface area contributed by atoms with Gasteiger partial charge < -0.3 is 5.32 Å². The van der Waals surface area contributed by atoms with E-state index in [4.69, 9.17) is 11.6 Å². The molecule has 1 fully saturated rings. The van der Waals surface area contributed by atoms with Gasteiger partial charge in [-0.15, -0.1) is 11.3 Å². The normalized spacial score (nSPS) is 26.6. The molecule has 0 radical (unpaired) electrons. The van der Waals surface area contributed by atoms with Gasteiger partial charge in [-0.3, -0.25) is 0 Å². The van der Waals surface area contributed by atoms with Crippen LogP contribution >= 0.6 is 22.9 Å². The maximum Gasteiger partial charge on any atom is 0.0931 e. The Balaban J connectivity index is 1.81. The quantitative estimate of drug-likeness (QED) is 0.816. The fourth-order valence-corrected chi connectivity index (χ4v) is 3.18. The summed E-state index contributed by atoms with van der Waals surface area (Å²) in [5.74, 6) is 0.924. The first-order chi connectivity index (χ1) is 7.20. The van der Waals surface area contributed by atoms with E-state index in [-0.39, 0.29) is 0 Å². The molecule has 1 N–H and O–H groups in total. The van der Waals surface area contributed by atoms with Crippen LogP contribution in [-0.4, -0.2) is 6.04 Å². The van der Waals surface area contributed by atoms with E-state index in [0.717, 1.165) is 16.3 Å². The topological polar surface area (TPSA) is 12.0 Å².